The van der Waals surface area contributed by atoms with Crippen LogP contribution in [0.3, 0.4) is 0 Å². The van der Waals surface area contributed by atoms with Crippen LogP contribution in [0.25, 0.3) is 0 Å². The quantitative estimate of drug-likeness (QED) is 0.396. The van der Waals surface area contributed by atoms with Crippen molar-refractivity contribution in [3.63, 3.8) is 0 Å². The van der Waals surface area contributed by atoms with E-state index in [1.165, 1.54) is 0 Å². The molecule has 3 saturated heterocycles. The van der Waals surface area contributed by atoms with E-state index in [9.17, 15) is 0 Å². The van der Waals surface area contributed by atoms with Crippen molar-refractivity contribution >= 4 is 60.8 Å². The highest BCUT2D eigenvalue weighted by Crippen LogP contribution is 2.38. The van der Waals surface area contributed by atoms with Gasteiger partial charge in [-0.1, -0.05) is 89.2 Å². The van der Waals surface area contributed by atoms with Gasteiger partial charge in [-0.2, -0.15) is 0 Å². The number of benzene rings is 3. The normalized spacial score (nSPS) is 23.6. The lowest BCUT2D eigenvalue weighted by Crippen LogP contribution is -2.55. The number of rotatable bonds is 6. The van der Waals surface area contributed by atoms with Crippen molar-refractivity contribution in [2.45, 2.75) is 117 Å². The van der Waals surface area contributed by atoms with E-state index in [0.29, 0.717) is 0 Å². The summed E-state index contributed by atoms with van der Waals surface area (Å²) in [5.74, 6) is 0. The molecule has 0 amide bonds. The fourth-order valence-electron chi connectivity index (χ4n) is 6.17. The van der Waals surface area contributed by atoms with Crippen LogP contribution in [0.4, 0.5) is 0 Å². The summed E-state index contributed by atoms with van der Waals surface area (Å²) in [6.07, 6.45) is 0. The molecule has 0 spiro atoms. The molecule has 3 fully saturated rings. The van der Waals surface area contributed by atoms with Gasteiger partial charge in [0.2, 0.25) is 6.71 Å². The Kier molecular flexibility index (Phi) is 8.11. The van der Waals surface area contributed by atoms with Crippen LogP contribution in [-0.2, 0) is 27.9 Å². The molecular weight excluding hydrogens is 572 g/mol. The Hall–Kier alpha value is -2.32. The predicted molar refractivity (Wildman–Crippen MR) is 191 cm³/mol. The van der Waals surface area contributed by atoms with Gasteiger partial charge in [0.1, 0.15) is 0 Å². The van der Waals surface area contributed by atoms with Crippen molar-refractivity contribution < 1.29 is 27.9 Å². The van der Waals surface area contributed by atoms with Gasteiger partial charge in [0.25, 0.3) is 0 Å². The summed E-state index contributed by atoms with van der Waals surface area (Å²) in [6, 6.07) is 25.8. The average molecular weight is 620 g/mol. The van der Waals surface area contributed by atoms with Gasteiger partial charge in [-0.05, 0) is 99.5 Å². The molecule has 0 aromatic heterocycles. The Labute approximate surface area is 277 Å². The van der Waals surface area contributed by atoms with Gasteiger partial charge in [0.05, 0.1) is 33.6 Å². The molecule has 3 heterocycles. The van der Waals surface area contributed by atoms with Crippen LogP contribution in [0.5, 0.6) is 0 Å². The zero-order valence-corrected chi connectivity index (χ0v) is 29.7. The minimum Gasteiger partial charge on any atom is -0.399 e. The van der Waals surface area contributed by atoms with E-state index in [0.717, 1.165) is 32.8 Å². The third-order valence-corrected chi connectivity index (χ3v) is 11.3. The van der Waals surface area contributed by atoms with Gasteiger partial charge in [0, 0.05) is 0 Å². The van der Waals surface area contributed by atoms with Crippen molar-refractivity contribution in [2.75, 3.05) is 0 Å². The topological polar surface area (TPSA) is 55.4 Å². The third kappa shape index (κ3) is 5.84. The molecule has 3 aliphatic heterocycles. The van der Waals surface area contributed by atoms with E-state index >= 15 is 0 Å². The maximum absolute atomic E-state index is 6.46. The van der Waals surface area contributed by atoms with Gasteiger partial charge in [0.15, 0.2) is 0 Å². The molecule has 240 valence electrons. The van der Waals surface area contributed by atoms with Crippen LogP contribution >= 0.6 is 0 Å². The fourth-order valence-corrected chi connectivity index (χ4v) is 6.17. The first-order chi connectivity index (χ1) is 21.2. The predicted octanol–water partition coefficient (Wildman–Crippen LogP) is 3.10. The molecule has 46 heavy (non-hydrogen) atoms. The van der Waals surface area contributed by atoms with Gasteiger partial charge in [-0.15, -0.1) is 0 Å². The third-order valence-electron chi connectivity index (χ3n) is 11.3. The van der Waals surface area contributed by atoms with Crippen molar-refractivity contribution in [3.05, 3.63) is 72.8 Å². The molecule has 6 nitrogen and oxygen atoms in total. The summed E-state index contributed by atoms with van der Waals surface area (Å²) in [5.41, 5.74) is 3.79. The zero-order valence-electron chi connectivity index (χ0n) is 29.7. The number of hydrogen-bond donors (Lipinski definition) is 0. The SMILES string of the molecule is CC1(C)OB(c2cccc(B(c3cccc(B4OC(C)(C)C(C)(C)O4)c3)c3cccc(B4OC(C)(C)C(C)(C)O4)c3)c2)OC1(C)C. The lowest BCUT2D eigenvalue weighted by molar-refractivity contribution is 0.00578. The minimum atomic E-state index is -0.460. The summed E-state index contributed by atoms with van der Waals surface area (Å²) in [7, 11) is -1.38. The van der Waals surface area contributed by atoms with Crippen LogP contribution in [0, 0.1) is 0 Å². The fraction of sp³-hybridized carbons (Fsp3) is 0.500. The highest BCUT2D eigenvalue weighted by molar-refractivity contribution is 6.96. The largest absolute Gasteiger partial charge is 0.494 e. The maximum atomic E-state index is 6.46. The maximum Gasteiger partial charge on any atom is 0.494 e. The lowest BCUT2D eigenvalue weighted by atomic mass is 9.36. The van der Waals surface area contributed by atoms with Gasteiger partial charge in [-0.25, -0.2) is 0 Å². The van der Waals surface area contributed by atoms with Gasteiger partial charge in [-0.3, -0.25) is 0 Å². The first-order valence-corrected chi connectivity index (χ1v) is 16.6. The minimum absolute atomic E-state index is 0.105. The second kappa shape index (κ2) is 11.1. The molecule has 3 aromatic rings. The van der Waals surface area contributed by atoms with Crippen molar-refractivity contribution in [1.82, 2.24) is 0 Å². The van der Waals surface area contributed by atoms with E-state index in [-0.39, 0.29) is 6.71 Å². The Morgan fingerprint density at radius 1 is 0.370 bits per heavy atom. The summed E-state index contributed by atoms with van der Waals surface area (Å²) in [4.78, 5) is 0. The smallest absolute Gasteiger partial charge is 0.399 e. The second-order valence-corrected chi connectivity index (χ2v) is 16.2. The second-order valence-electron chi connectivity index (χ2n) is 16.2. The van der Waals surface area contributed by atoms with E-state index in [1.54, 1.807) is 0 Å². The molecular formula is C36H48B4O6. The molecule has 0 bridgehead atoms. The Balaban J connectivity index is 1.43. The molecule has 0 saturated carbocycles. The Morgan fingerprint density at radius 3 is 0.804 bits per heavy atom. The van der Waals surface area contributed by atoms with Crippen LogP contribution < -0.4 is 32.8 Å². The van der Waals surface area contributed by atoms with Gasteiger partial charge >= 0.3 is 21.4 Å². The highest BCUT2D eigenvalue weighted by Gasteiger charge is 2.54. The molecule has 10 heteroatoms. The lowest BCUT2D eigenvalue weighted by Gasteiger charge is -2.32. The summed E-state index contributed by atoms with van der Waals surface area (Å²) in [5, 5.41) is 0. The van der Waals surface area contributed by atoms with E-state index in [4.69, 9.17) is 27.9 Å². The van der Waals surface area contributed by atoms with Crippen molar-refractivity contribution in [2.24, 2.45) is 0 Å². The van der Waals surface area contributed by atoms with E-state index < -0.39 is 55.0 Å². The van der Waals surface area contributed by atoms with Crippen LogP contribution in [0.2, 0.25) is 0 Å². The van der Waals surface area contributed by atoms with Crippen LogP contribution in [0.15, 0.2) is 72.8 Å². The Bertz CT molecular complexity index is 1380. The molecule has 0 unspecified atom stereocenters. The zero-order chi connectivity index (χ0) is 33.5. The monoisotopic (exact) mass is 620 g/mol. The molecule has 0 N–H and O–H groups in total. The molecule has 6 rings (SSSR count). The highest BCUT2D eigenvalue weighted by atomic mass is 16.7. The summed E-state index contributed by atoms with van der Waals surface area (Å²) in [6.45, 7) is 24.9. The molecule has 0 aliphatic carbocycles. The molecule has 3 aromatic carbocycles. The van der Waals surface area contributed by atoms with Crippen molar-refractivity contribution in [1.29, 1.82) is 0 Å². The first kappa shape index (κ1) is 33.6. The van der Waals surface area contributed by atoms with E-state index in [2.05, 4.69) is 156 Å². The average Bonchev–Trinajstić information content (AvgIpc) is 3.43. The van der Waals surface area contributed by atoms with Crippen LogP contribution in [0.1, 0.15) is 83.1 Å². The summed E-state index contributed by atoms with van der Waals surface area (Å²) >= 11 is 0. The van der Waals surface area contributed by atoms with E-state index in [1.807, 2.05) is 0 Å². The van der Waals surface area contributed by atoms with Crippen molar-refractivity contribution in [3.8, 4) is 0 Å². The number of hydrogen-bond acceptors (Lipinski definition) is 6. The van der Waals surface area contributed by atoms with Crippen LogP contribution in [-0.4, -0.2) is 61.7 Å². The first-order valence-electron chi connectivity index (χ1n) is 16.6. The molecule has 0 radical (unpaired) electrons. The van der Waals surface area contributed by atoms with Gasteiger partial charge < -0.3 is 27.9 Å². The molecule has 0 atom stereocenters. The standard InChI is InChI=1S/C36H48B4O6/c1-31(2)32(3,4)42-38(41-31)28-19-13-16-25(22-28)37(26-17-14-20-29(23-26)39-43-33(5,6)34(7,8)44-39)27-18-15-21-30(24-27)40-45-35(9,10)36(11,12)46-40/h13-24H,1-12H3. The molecule has 3 aliphatic rings. The summed E-state index contributed by atoms with van der Waals surface area (Å²) < 4.78 is 38.8. The Morgan fingerprint density at radius 2 is 0.587 bits per heavy atom.